The lowest BCUT2D eigenvalue weighted by Crippen LogP contribution is -2.44. The second-order valence-corrected chi connectivity index (χ2v) is 7.03. The Morgan fingerprint density at radius 1 is 1.30 bits per heavy atom. The van der Waals surface area contributed by atoms with E-state index in [1.54, 1.807) is 12.3 Å². The molecule has 2 aromatic rings. The Morgan fingerprint density at radius 2 is 2.09 bits per heavy atom. The number of thioether (sulfide) groups is 1. The number of hydrogen-bond donors (Lipinski definition) is 2. The van der Waals surface area contributed by atoms with E-state index in [4.69, 9.17) is 0 Å². The summed E-state index contributed by atoms with van der Waals surface area (Å²) in [5, 5.41) is 14.2. The van der Waals surface area contributed by atoms with E-state index in [-0.39, 0.29) is 5.91 Å². The number of nitrogens with zero attached hydrogens (tertiary/aromatic N) is 1. The van der Waals surface area contributed by atoms with Crippen molar-refractivity contribution in [2.24, 2.45) is 0 Å². The molecule has 1 aromatic carbocycles. The Labute approximate surface area is 140 Å². The fourth-order valence-electron chi connectivity index (χ4n) is 2.67. The summed E-state index contributed by atoms with van der Waals surface area (Å²) in [6.45, 7) is 0.313. The molecule has 1 aromatic heterocycles. The maximum atomic E-state index is 12.0. The van der Waals surface area contributed by atoms with Crippen molar-refractivity contribution in [1.29, 1.82) is 0 Å². The topological polar surface area (TPSA) is 62.2 Å². The van der Waals surface area contributed by atoms with Crippen LogP contribution in [0.1, 0.15) is 18.4 Å². The SMILES string of the molecule is O=C(C=Cc1ccnc2ccccc12)NCC1(O)CCSCC1. The standard InChI is InChI=1S/C18H20N2O2S/c21-17(20-13-18(22)8-11-23-12-9-18)6-5-14-7-10-19-16-4-2-1-3-15(14)16/h1-7,10,22H,8-9,11-13H2,(H,20,21). The summed E-state index contributed by atoms with van der Waals surface area (Å²) in [5.41, 5.74) is 1.11. The van der Waals surface area contributed by atoms with Gasteiger partial charge < -0.3 is 10.4 Å². The van der Waals surface area contributed by atoms with Crippen molar-refractivity contribution in [1.82, 2.24) is 10.3 Å². The zero-order valence-corrected chi connectivity index (χ0v) is 13.7. The van der Waals surface area contributed by atoms with E-state index in [0.29, 0.717) is 6.54 Å². The Morgan fingerprint density at radius 3 is 2.91 bits per heavy atom. The maximum Gasteiger partial charge on any atom is 0.244 e. The molecular formula is C18H20N2O2S. The van der Waals surface area contributed by atoms with Gasteiger partial charge in [-0.3, -0.25) is 9.78 Å². The lowest BCUT2D eigenvalue weighted by atomic mass is 9.97. The largest absolute Gasteiger partial charge is 0.388 e. The molecule has 2 N–H and O–H groups in total. The minimum atomic E-state index is -0.752. The van der Waals surface area contributed by atoms with E-state index in [1.807, 2.05) is 42.1 Å². The van der Waals surface area contributed by atoms with Crippen LogP contribution in [0.5, 0.6) is 0 Å². The van der Waals surface area contributed by atoms with Crippen LogP contribution in [-0.2, 0) is 4.79 Å². The number of aliphatic hydroxyl groups is 1. The summed E-state index contributed by atoms with van der Waals surface area (Å²) in [5.74, 6) is 1.72. The minimum absolute atomic E-state index is 0.183. The number of rotatable bonds is 4. The van der Waals surface area contributed by atoms with E-state index >= 15 is 0 Å². The fraction of sp³-hybridized carbons (Fsp3) is 0.333. The predicted octanol–water partition coefficient (Wildman–Crippen LogP) is 2.62. The Kier molecular flexibility index (Phi) is 4.98. The van der Waals surface area contributed by atoms with Gasteiger partial charge in [0.05, 0.1) is 11.1 Å². The van der Waals surface area contributed by atoms with Crippen molar-refractivity contribution >= 4 is 34.6 Å². The number of amides is 1. The van der Waals surface area contributed by atoms with Crippen LogP contribution >= 0.6 is 11.8 Å². The third kappa shape index (κ3) is 4.12. The van der Waals surface area contributed by atoms with Crippen molar-refractivity contribution in [3.63, 3.8) is 0 Å². The molecule has 0 atom stereocenters. The van der Waals surface area contributed by atoms with Gasteiger partial charge in [0, 0.05) is 24.2 Å². The molecule has 2 heterocycles. The summed E-state index contributed by atoms with van der Waals surface area (Å²) in [7, 11) is 0. The molecule has 23 heavy (non-hydrogen) atoms. The Balaban J connectivity index is 1.64. The van der Waals surface area contributed by atoms with Gasteiger partial charge in [-0.15, -0.1) is 0 Å². The monoisotopic (exact) mass is 328 g/mol. The van der Waals surface area contributed by atoms with Crippen molar-refractivity contribution in [3.05, 3.63) is 48.2 Å². The summed E-state index contributed by atoms with van der Waals surface area (Å²) >= 11 is 1.85. The van der Waals surface area contributed by atoms with Crippen molar-refractivity contribution in [2.45, 2.75) is 18.4 Å². The smallest absolute Gasteiger partial charge is 0.244 e. The highest BCUT2D eigenvalue weighted by Crippen LogP contribution is 2.26. The second kappa shape index (κ2) is 7.15. The van der Waals surface area contributed by atoms with Gasteiger partial charge in [0.15, 0.2) is 0 Å². The zero-order valence-electron chi connectivity index (χ0n) is 12.9. The van der Waals surface area contributed by atoms with Gasteiger partial charge in [-0.05, 0) is 48.1 Å². The predicted molar refractivity (Wildman–Crippen MR) is 95.3 cm³/mol. The highest BCUT2D eigenvalue weighted by atomic mass is 32.2. The van der Waals surface area contributed by atoms with Crippen molar-refractivity contribution in [3.8, 4) is 0 Å². The lowest BCUT2D eigenvalue weighted by molar-refractivity contribution is -0.117. The molecule has 0 radical (unpaired) electrons. The summed E-state index contributed by atoms with van der Waals surface area (Å²) in [6, 6.07) is 9.72. The average Bonchev–Trinajstić information content (AvgIpc) is 2.59. The van der Waals surface area contributed by atoms with Gasteiger partial charge in [0.25, 0.3) is 0 Å². The van der Waals surface area contributed by atoms with Crippen LogP contribution in [0.4, 0.5) is 0 Å². The molecule has 4 nitrogen and oxygen atoms in total. The third-order valence-corrected chi connectivity index (χ3v) is 5.10. The lowest BCUT2D eigenvalue weighted by Gasteiger charge is -2.31. The molecular weight excluding hydrogens is 308 g/mol. The normalized spacial score (nSPS) is 17.4. The number of benzene rings is 1. The highest BCUT2D eigenvalue weighted by molar-refractivity contribution is 7.99. The zero-order chi connectivity index (χ0) is 16.1. The summed E-state index contributed by atoms with van der Waals surface area (Å²) in [6.07, 6.45) is 6.51. The third-order valence-electron chi connectivity index (χ3n) is 4.11. The highest BCUT2D eigenvalue weighted by Gasteiger charge is 2.29. The van der Waals surface area contributed by atoms with Crippen molar-refractivity contribution < 1.29 is 9.90 Å². The molecule has 1 aliphatic rings. The number of carbonyl (C=O) groups is 1. The molecule has 1 amide bonds. The van der Waals surface area contributed by atoms with Crippen LogP contribution in [0.15, 0.2) is 42.6 Å². The molecule has 0 saturated carbocycles. The van der Waals surface area contributed by atoms with Crippen LogP contribution in [0, 0.1) is 0 Å². The van der Waals surface area contributed by atoms with Gasteiger partial charge in [0.1, 0.15) is 0 Å². The summed E-state index contributed by atoms with van der Waals surface area (Å²) < 4.78 is 0. The van der Waals surface area contributed by atoms with Crippen LogP contribution in [0.2, 0.25) is 0 Å². The maximum absolute atomic E-state index is 12.0. The quantitative estimate of drug-likeness (QED) is 0.847. The first-order chi connectivity index (χ1) is 11.2. The first-order valence-corrected chi connectivity index (χ1v) is 8.92. The molecule has 3 rings (SSSR count). The number of hydrogen-bond acceptors (Lipinski definition) is 4. The number of pyridine rings is 1. The number of carbonyl (C=O) groups excluding carboxylic acids is 1. The first kappa shape index (κ1) is 16.0. The Bertz CT molecular complexity index is 719. The molecule has 1 aliphatic heterocycles. The number of aromatic nitrogens is 1. The molecule has 0 unspecified atom stereocenters. The van der Waals surface area contributed by atoms with Gasteiger partial charge in [0.2, 0.25) is 5.91 Å². The van der Waals surface area contributed by atoms with Gasteiger partial charge >= 0.3 is 0 Å². The minimum Gasteiger partial charge on any atom is -0.388 e. The van der Waals surface area contributed by atoms with E-state index in [2.05, 4.69) is 10.3 Å². The van der Waals surface area contributed by atoms with Gasteiger partial charge in [-0.25, -0.2) is 0 Å². The molecule has 5 heteroatoms. The molecule has 0 spiro atoms. The molecule has 1 fully saturated rings. The fourth-order valence-corrected chi connectivity index (χ4v) is 3.92. The number of fused-ring (bicyclic) bond motifs is 1. The second-order valence-electron chi connectivity index (χ2n) is 5.81. The van der Waals surface area contributed by atoms with Crippen molar-refractivity contribution in [2.75, 3.05) is 18.1 Å². The average molecular weight is 328 g/mol. The molecule has 1 saturated heterocycles. The van der Waals surface area contributed by atoms with E-state index in [1.165, 1.54) is 6.08 Å². The van der Waals surface area contributed by atoms with E-state index in [9.17, 15) is 9.90 Å². The van der Waals surface area contributed by atoms with Crippen LogP contribution in [0.25, 0.3) is 17.0 Å². The molecule has 0 aliphatic carbocycles. The molecule has 0 bridgehead atoms. The molecule has 120 valence electrons. The Hall–Kier alpha value is -1.85. The van der Waals surface area contributed by atoms with Crippen LogP contribution in [-0.4, -0.2) is 39.6 Å². The first-order valence-electron chi connectivity index (χ1n) is 7.76. The van der Waals surface area contributed by atoms with E-state index in [0.717, 1.165) is 40.8 Å². The van der Waals surface area contributed by atoms with E-state index < -0.39 is 5.60 Å². The van der Waals surface area contributed by atoms with Gasteiger partial charge in [-0.2, -0.15) is 11.8 Å². The number of para-hydroxylation sites is 1. The van der Waals surface area contributed by atoms with Crippen LogP contribution < -0.4 is 5.32 Å². The van der Waals surface area contributed by atoms with Crippen LogP contribution in [0.3, 0.4) is 0 Å². The number of nitrogens with one attached hydrogen (secondary N) is 1. The van der Waals surface area contributed by atoms with Gasteiger partial charge in [-0.1, -0.05) is 18.2 Å². The summed E-state index contributed by atoms with van der Waals surface area (Å²) in [4.78, 5) is 16.3.